The van der Waals surface area contributed by atoms with Crippen LogP contribution in [0.1, 0.15) is 48.2 Å². The average Bonchev–Trinajstić information content (AvgIpc) is 2.99. The van der Waals surface area contributed by atoms with E-state index in [1.165, 1.54) is 17.7 Å². The van der Waals surface area contributed by atoms with Crippen LogP contribution in [0.3, 0.4) is 0 Å². The Labute approximate surface area is 108 Å². The highest BCUT2D eigenvalue weighted by molar-refractivity contribution is 7.15. The molecular formula is C10H14N6OS. The number of hydrogen-bond donors (Lipinski definition) is 2. The standard InChI is InChI=1S/C10H14N6OS/c1-3-4-6(2)9-15-16-10(18-9)13-8(17)7-11-5-12-14-7/h5-6H,3-4H2,1-2H3,(H,11,12,14)(H,13,16,17). The predicted octanol–water partition coefficient (Wildman–Crippen LogP) is 1.81. The van der Waals surface area contributed by atoms with Gasteiger partial charge in [-0.05, 0) is 6.42 Å². The zero-order valence-electron chi connectivity index (χ0n) is 10.2. The summed E-state index contributed by atoms with van der Waals surface area (Å²) in [6.07, 6.45) is 3.44. The van der Waals surface area contributed by atoms with Crippen molar-refractivity contribution < 1.29 is 4.79 Å². The first-order chi connectivity index (χ1) is 8.70. The summed E-state index contributed by atoms with van der Waals surface area (Å²) in [5.74, 6) is 0.162. The van der Waals surface area contributed by atoms with E-state index in [4.69, 9.17) is 0 Å². The molecule has 96 valence electrons. The monoisotopic (exact) mass is 266 g/mol. The van der Waals surface area contributed by atoms with Crippen molar-refractivity contribution in [2.45, 2.75) is 32.6 Å². The van der Waals surface area contributed by atoms with Gasteiger partial charge in [0.1, 0.15) is 11.3 Å². The quantitative estimate of drug-likeness (QED) is 0.860. The van der Waals surface area contributed by atoms with Crippen molar-refractivity contribution in [3.63, 3.8) is 0 Å². The van der Waals surface area contributed by atoms with Crippen LogP contribution in [0.5, 0.6) is 0 Å². The second-order valence-corrected chi connectivity index (χ2v) is 4.93. The molecule has 7 nitrogen and oxygen atoms in total. The molecule has 0 saturated heterocycles. The van der Waals surface area contributed by atoms with Crippen molar-refractivity contribution in [2.75, 3.05) is 5.32 Å². The van der Waals surface area contributed by atoms with Gasteiger partial charge in [-0.25, -0.2) is 4.98 Å². The topological polar surface area (TPSA) is 96.5 Å². The highest BCUT2D eigenvalue weighted by Crippen LogP contribution is 2.26. The number of rotatable bonds is 5. The highest BCUT2D eigenvalue weighted by Gasteiger charge is 2.15. The van der Waals surface area contributed by atoms with E-state index < -0.39 is 0 Å². The number of carbonyl (C=O) groups is 1. The zero-order valence-corrected chi connectivity index (χ0v) is 11.0. The number of carbonyl (C=O) groups excluding carboxylic acids is 1. The van der Waals surface area contributed by atoms with Crippen LogP contribution in [0.15, 0.2) is 6.33 Å². The summed E-state index contributed by atoms with van der Waals surface area (Å²) in [5, 5.41) is 18.2. The normalized spacial score (nSPS) is 12.3. The van der Waals surface area contributed by atoms with Gasteiger partial charge in [-0.2, -0.15) is 5.10 Å². The smallest absolute Gasteiger partial charge is 0.294 e. The third kappa shape index (κ3) is 2.89. The second kappa shape index (κ2) is 5.67. The number of aromatic amines is 1. The molecule has 0 spiro atoms. The van der Waals surface area contributed by atoms with E-state index in [0.29, 0.717) is 11.0 Å². The zero-order chi connectivity index (χ0) is 13.0. The van der Waals surface area contributed by atoms with Crippen LogP contribution >= 0.6 is 11.3 Å². The number of nitrogens with one attached hydrogen (secondary N) is 2. The van der Waals surface area contributed by atoms with Crippen molar-refractivity contribution in [3.05, 3.63) is 17.2 Å². The van der Waals surface area contributed by atoms with Gasteiger partial charge in [0.05, 0.1) is 0 Å². The Balaban J connectivity index is 2.00. The first kappa shape index (κ1) is 12.6. The van der Waals surface area contributed by atoms with Gasteiger partial charge in [0.15, 0.2) is 0 Å². The summed E-state index contributed by atoms with van der Waals surface area (Å²) in [4.78, 5) is 15.4. The molecule has 2 N–H and O–H groups in total. The molecule has 18 heavy (non-hydrogen) atoms. The number of nitrogens with zero attached hydrogens (tertiary/aromatic N) is 4. The van der Waals surface area contributed by atoms with Crippen molar-refractivity contribution in [3.8, 4) is 0 Å². The molecule has 2 rings (SSSR count). The van der Waals surface area contributed by atoms with E-state index in [-0.39, 0.29) is 11.7 Å². The third-order valence-electron chi connectivity index (χ3n) is 2.43. The summed E-state index contributed by atoms with van der Waals surface area (Å²) in [6, 6.07) is 0. The molecule has 0 aliphatic rings. The number of hydrogen-bond acceptors (Lipinski definition) is 6. The molecule has 0 fully saturated rings. The van der Waals surface area contributed by atoms with Gasteiger partial charge in [0.25, 0.3) is 5.91 Å². The molecule has 0 radical (unpaired) electrons. The lowest BCUT2D eigenvalue weighted by Gasteiger charge is -2.03. The van der Waals surface area contributed by atoms with Crippen LogP contribution in [0, 0.1) is 0 Å². The Morgan fingerprint density at radius 1 is 1.56 bits per heavy atom. The Morgan fingerprint density at radius 3 is 3.06 bits per heavy atom. The minimum absolute atomic E-state index is 0.161. The van der Waals surface area contributed by atoms with Crippen molar-refractivity contribution in [2.24, 2.45) is 0 Å². The van der Waals surface area contributed by atoms with Crippen LogP contribution in [0.4, 0.5) is 5.13 Å². The van der Waals surface area contributed by atoms with E-state index in [2.05, 4.69) is 44.5 Å². The molecule has 2 aromatic heterocycles. The summed E-state index contributed by atoms with van der Waals surface area (Å²) < 4.78 is 0. The van der Waals surface area contributed by atoms with Crippen LogP contribution in [-0.2, 0) is 0 Å². The highest BCUT2D eigenvalue weighted by atomic mass is 32.1. The van der Waals surface area contributed by atoms with E-state index in [9.17, 15) is 4.79 Å². The number of amides is 1. The largest absolute Gasteiger partial charge is 0.294 e. The van der Waals surface area contributed by atoms with Crippen molar-refractivity contribution in [1.29, 1.82) is 0 Å². The molecule has 1 unspecified atom stereocenters. The molecular weight excluding hydrogens is 252 g/mol. The lowest BCUT2D eigenvalue weighted by Crippen LogP contribution is -2.13. The Kier molecular flexibility index (Phi) is 3.98. The first-order valence-corrected chi connectivity index (χ1v) is 6.52. The molecule has 2 heterocycles. The molecule has 8 heteroatoms. The Hall–Kier alpha value is -1.83. The molecule has 1 amide bonds. The van der Waals surface area contributed by atoms with Gasteiger partial charge < -0.3 is 0 Å². The summed E-state index contributed by atoms with van der Waals surface area (Å²) in [5.41, 5.74) is 0. The number of aromatic nitrogens is 5. The van der Waals surface area contributed by atoms with Gasteiger partial charge in [-0.15, -0.1) is 10.2 Å². The summed E-state index contributed by atoms with van der Waals surface area (Å²) in [7, 11) is 0. The van der Waals surface area contributed by atoms with Crippen LogP contribution in [0.25, 0.3) is 0 Å². The lowest BCUT2D eigenvalue weighted by atomic mass is 10.1. The average molecular weight is 266 g/mol. The number of H-pyrrole nitrogens is 1. The van der Waals surface area contributed by atoms with Crippen molar-refractivity contribution >= 4 is 22.4 Å². The van der Waals surface area contributed by atoms with E-state index in [1.807, 2.05) is 0 Å². The number of anilines is 1. The van der Waals surface area contributed by atoms with Gasteiger partial charge in [0.2, 0.25) is 11.0 Å². The Bertz CT molecular complexity index is 508. The second-order valence-electron chi connectivity index (χ2n) is 3.92. The van der Waals surface area contributed by atoms with Crippen LogP contribution in [-0.4, -0.2) is 31.3 Å². The van der Waals surface area contributed by atoms with Crippen molar-refractivity contribution in [1.82, 2.24) is 25.4 Å². The fourth-order valence-electron chi connectivity index (χ4n) is 1.51. The van der Waals surface area contributed by atoms with Gasteiger partial charge >= 0.3 is 0 Å². The molecule has 2 aromatic rings. The van der Waals surface area contributed by atoms with Crippen LogP contribution in [0.2, 0.25) is 0 Å². The molecule has 0 aliphatic carbocycles. The van der Waals surface area contributed by atoms with Gasteiger partial charge in [-0.3, -0.25) is 15.2 Å². The third-order valence-corrected chi connectivity index (χ3v) is 3.50. The maximum atomic E-state index is 11.7. The van der Waals surface area contributed by atoms with Gasteiger partial charge in [0, 0.05) is 5.92 Å². The van der Waals surface area contributed by atoms with E-state index in [0.717, 1.165) is 17.8 Å². The van der Waals surface area contributed by atoms with E-state index in [1.54, 1.807) is 0 Å². The molecule has 0 bridgehead atoms. The maximum Gasteiger partial charge on any atom is 0.294 e. The van der Waals surface area contributed by atoms with Crippen LogP contribution < -0.4 is 5.32 Å². The van der Waals surface area contributed by atoms with Gasteiger partial charge in [-0.1, -0.05) is 31.6 Å². The fourth-order valence-corrected chi connectivity index (χ4v) is 2.34. The molecule has 1 atom stereocenters. The van der Waals surface area contributed by atoms with E-state index >= 15 is 0 Å². The minimum Gasteiger partial charge on any atom is -0.294 e. The molecule has 0 aromatic carbocycles. The summed E-state index contributed by atoms with van der Waals surface area (Å²) in [6.45, 7) is 4.23. The SMILES string of the molecule is CCCC(C)c1nnc(NC(=O)c2ncn[nH]2)s1. The lowest BCUT2D eigenvalue weighted by molar-refractivity contribution is 0.101. The maximum absolute atomic E-state index is 11.7. The molecule has 0 saturated carbocycles. The Morgan fingerprint density at radius 2 is 2.39 bits per heavy atom. The molecule has 0 aliphatic heterocycles. The predicted molar refractivity (Wildman–Crippen MR) is 67.6 cm³/mol. The minimum atomic E-state index is -0.363. The summed E-state index contributed by atoms with van der Waals surface area (Å²) >= 11 is 1.39. The first-order valence-electron chi connectivity index (χ1n) is 5.70. The fraction of sp³-hybridized carbons (Fsp3) is 0.500.